The van der Waals surface area contributed by atoms with E-state index in [1.54, 1.807) is 12.1 Å². The minimum absolute atomic E-state index is 0.108. The van der Waals surface area contributed by atoms with Gasteiger partial charge in [-0.2, -0.15) is 0 Å². The third-order valence-corrected chi connectivity index (χ3v) is 7.23. The minimum Gasteiger partial charge on any atom is -0.453 e. The van der Waals surface area contributed by atoms with Crippen LogP contribution in [0.1, 0.15) is 46.0 Å². The lowest BCUT2D eigenvalue weighted by Gasteiger charge is -2.30. The van der Waals surface area contributed by atoms with Crippen LogP contribution in [0.4, 0.5) is 0 Å². The molecule has 3 unspecified atom stereocenters. The van der Waals surface area contributed by atoms with Gasteiger partial charge in [0.2, 0.25) is 10.0 Å². The van der Waals surface area contributed by atoms with Crippen LogP contribution in [0.2, 0.25) is 0 Å². The summed E-state index contributed by atoms with van der Waals surface area (Å²) in [7, 11) is -3.75. The zero-order chi connectivity index (χ0) is 22.4. The standard InChI is InChI=1S/C23H30N2O5S/c1-16-7-3-6-10-21(16)25-23(27)17(2)30-22(26)13-14-24-31(28,29)20-12-11-18-8-4-5-9-19(18)15-20/h4-5,8-9,11-12,15-17,21,24H,3,6-7,10,13-14H2,1-2H3,(H,25,27). The van der Waals surface area contributed by atoms with E-state index in [2.05, 4.69) is 17.0 Å². The topological polar surface area (TPSA) is 102 Å². The molecule has 1 aliphatic carbocycles. The minimum atomic E-state index is -3.75. The van der Waals surface area contributed by atoms with Gasteiger partial charge in [0.15, 0.2) is 6.10 Å². The molecule has 3 rings (SSSR count). The fourth-order valence-electron chi connectivity index (χ4n) is 3.85. The third-order valence-electron chi connectivity index (χ3n) is 5.77. The van der Waals surface area contributed by atoms with Crippen molar-refractivity contribution in [2.45, 2.75) is 63.0 Å². The first-order valence-electron chi connectivity index (χ1n) is 10.7. The quantitative estimate of drug-likeness (QED) is 0.607. The molecule has 0 aliphatic heterocycles. The Morgan fingerprint density at radius 2 is 1.81 bits per heavy atom. The molecule has 1 aliphatic rings. The Morgan fingerprint density at radius 1 is 1.10 bits per heavy atom. The average molecular weight is 447 g/mol. The first kappa shape index (κ1) is 23.2. The smallest absolute Gasteiger partial charge is 0.307 e. The van der Waals surface area contributed by atoms with Crippen molar-refractivity contribution in [1.82, 2.24) is 10.0 Å². The number of hydrogen-bond acceptors (Lipinski definition) is 5. The molecule has 0 radical (unpaired) electrons. The van der Waals surface area contributed by atoms with Gasteiger partial charge in [-0.25, -0.2) is 13.1 Å². The van der Waals surface area contributed by atoms with Gasteiger partial charge in [-0.15, -0.1) is 0 Å². The number of fused-ring (bicyclic) bond motifs is 1. The van der Waals surface area contributed by atoms with Crippen LogP contribution in [0.5, 0.6) is 0 Å². The summed E-state index contributed by atoms with van der Waals surface area (Å²) in [6, 6.07) is 12.4. The van der Waals surface area contributed by atoms with Crippen LogP contribution in [0.3, 0.4) is 0 Å². The summed E-state index contributed by atoms with van der Waals surface area (Å²) in [5.41, 5.74) is 0. The molecule has 2 N–H and O–H groups in total. The summed E-state index contributed by atoms with van der Waals surface area (Å²) in [6.45, 7) is 3.53. The molecule has 1 fully saturated rings. The predicted octanol–water partition coefficient (Wildman–Crippen LogP) is 3.13. The SMILES string of the molecule is CC(OC(=O)CCNS(=O)(=O)c1ccc2ccccc2c1)C(=O)NC1CCCCC1C. The maximum absolute atomic E-state index is 12.5. The van der Waals surface area contributed by atoms with E-state index in [9.17, 15) is 18.0 Å². The Kier molecular flexibility index (Phi) is 7.67. The van der Waals surface area contributed by atoms with Crippen molar-refractivity contribution < 1.29 is 22.7 Å². The molecular weight excluding hydrogens is 416 g/mol. The van der Waals surface area contributed by atoms with Crippen LogP contribution in [-0.4, -0.2) is 39.0 Å². The molecular formula is C23H30N2O5S. The molecule has 168 valence electrons. The largest absolute Gasteiger partial charge is 0.453 e. The normalized spacial score (nSPS) is 20.2. The van der Waals surface area contributed by atoms with Gasteiger partial charge in [0.1, 0.15) is 0 Å². The first-order valence-corrected chi connectivity index (χ1v) is 12.2. The zero-order valence-electron chi connectivity index (χ0n) is 18.0. The Bertz CT molecular complexity index is 1040. The highest BCUT2D eigenvalue weighted by Crippen LogP contribution is 2.24. The second-order valence-corrected chi connectivity index (χ2v) is 9.93. The van der Waals surface area contributed by atoms with E-state index in [1.165, 1.54) is 19.4 Å². The second-order valence-electron chi connectivity index (χ2n) is 8.17. The highest BCUT2D eigenvalue weighted by molar-refractivity contribution is 7.89. The van der Waals surface area contributed by atoms with Gasteiger partial charge in [0.25, 0.3) is 5.91 Å². The summed E-state index contributed by atoms with van der Waals surface area (Å²) in [6.07, 6.45) is 3.19. The summed E-state index contributed by atoms with van der Waals surface area (Å²) in [5, 5.41) is 4.72. The molecule has 2 aromatic carbocycles. The molecule has 0 heterocycles. The van der Waals surface area contributed by atoms with E-state index in [1.807, 2.05) is 24.3 Å². The molecule has 0 saturated heterocycles. The summed E-state index contributed by atoms with van der Waals surface area (Å²) < 4.78 is 32.6. The van der Waals surface area contributed by atoms with E-state index >= 15 is 0 Å². The van der Waals surface area contributed by atoms with Crippen molar-refractivity contribution in [2.75, 3.05) is 6.54 Å². The second kappa shape index (κ2) is 10.2. The lowest BCUT2D eigenvalue weighted by Crippen LogP contribution is -2.46. The molecule has 1 amide bonds. The van der Waals surface area contributed by atoms with E-state index in [0.29, 0.717) is 5.92 Å². The fourth-order valence-corrected chi connectivity index (χ4v) is 4.91. The molecule has 8 heteroatoms. The van der Waals surface area contributed by atoms with Gasteiger partial charge in [-0.3, -0.25) is 9.59 Å². The highest BCUT2D eigenvalue weighted by Gasteiger charge is 2.26. The number of hydrogen-bond donors (Lipinski definition) is 2. The molecule has 7 nitrogen and oxygen atoms in total. The number of ether oxygens (including phenoxy) is 1. The van der Waals surface area contributed by atoms with Crippen LogP contribution < -0.4 is 10.0 Å². The number of nitrogens with one attached hydrogen (secondary N) is 2. The maximum atomic E-state index is 12.5. The molecule has 0 bridgehead atoms. The van der Waals surface area contributed by atoms with Crippen molar-refractivity contribution in [2.24, 2.45) is 5.92 Å². The van der Waals surface area contributed by atoms with Crippen molar-refractivity contribution in [3.8, 4) is 0 Å². The monoisotopic (exact) mass is 446 g/mol. The Hall–Kier alpha value is -2.45. The summed E-state index contributed by atoms with van der Waals surface area (Å²) in [4.78, 5) is 24.5. The van der Waals surface area contributed by atoms with Gasteiger partial charge in [0.05, 0.1) is 11.3 Å². The Morgan fingerprint density at radius 3 is 2.55 bits per heavy atom. The van der Waals surface area contributed by atoms with Gasteiger partial charge < -0.3 is 10.1 Å². The number of carbonyl (C=O) groups excluding carboxylic acids is 2. The molecule has 2 aromatic rings. The highest BCUT2D eigenvalue weighted by atomic mass is 32.2. The Balaban J connectivity index is 1.46. The molecule has 31 heavy (non-hydrogen) atoms. The van der Waals surface area contributed by atoms with E-state index < -0.39 is 22.1 Å². The molecule has 0 spiro atoms. The first-order chi connectivity index (χ1) is 14.8. The van der Waals surface area contributed by atoms with Gasteiger partial charge >= 0.3 is 5.97 Å². The number of amides is 1. The van der Waals surface area contributed by atoms with Crippen molar-refractivity contribution >= 4 is 32.7 Å². The fraction of sp³-hybridized carbons (Fsp3) is 0.478. The predicted molar refractivity (Wildman–Crippen MR) is 119 cm³/mol. The average Bonchev–Trinajstić information content (AvgIpc) is 2.74. The molecule has 1 saturated carbocycles. The number of esters is 1. The van der Waals surface area contributed by atoms with Crippen molar-refractivity contribution in [3.05, 3.63) is 42.5 Å². The molecule has 0 aromatic heterocycles. The molecule has 3 atom stereocenters. The van der Waals surface area contributed by atoms with Gasteiger partial charge in [-0.1, -0.05) is 50.1 Å². The van der Waals surface area contributed by atoms with Crippen LogP contribution >= 0.6 is 0 Å². The lowest BCUT2D eigenvalue weighted by atomic mass is 9.86. The summed E-state index contributed by atoms with van der Waals surface area (Å²) in [5.74, 6) is -0.533. The van der Waals surface area contributed by atoms with Crippen LogP contribution in [0, 0.1) is 5.92 Å². The Labute approximate surface area is 183 Å². The van der Waals surface area contributed by atoms with Gasteiger partial charge in [0, 0.05) is 12.6 Å². The van der Waals surface area contributed by atoms with Crippen LogP contribution in [0.25, 0.3) is 10.8 Å². The van der Waals surface area contributed by atoms with Crippen molar-refractivity contribution in [3.63, 3.8) is 0 Å². The van der Waals surface area contributed by atoms with Crippen molar-refractivity contribution in [1.29, 1.82) is 0 Å². The van der Waals surface area contributed by atoms with Crippen LogP contribution in [-0.2, 0) is 24.3 Å². The third kappa shape index (κ3) is 6.27. The van der Waals surface area contributed by atoms with Crippen LogP contribution in [0.15, 0.2) is 47.4 Å². The van der Waals surface area contributed by atoms with E-state index in [0.717, 1.165) is 30.0 Å². The lowest BCUT2D eigenvalue weighted by molar-refractivity contribution is -0.155. The zero-order valence-corrected chi connectivity index (χ0v) is 18.8. The van der Waals surface area contributed by atoms with E-state index in [4.69, 9.17) is 4.74 Å². The maximum Gasteiger partial charge on any atom is 0.307 e. The van der Waals surface area contributed by atoms with Gasteiger partial charge in [-0.05, 0) is 48.6 Å². The number of rotatable bonds is 8. The number of carbonyl (C=O) groups is 2. The van der Waals surface area contributed by atoms with E-state index in [-0.39, 0.29) is 29.8 Å². The number of benzene rings is 2. The number of sulfonamides is 1. The summed E-state index contributed by atoms with van der Waals surface area (Å²) >= 11 is 0.